The molecule has 56 valence electrons. The summed E-state index contributed by atoms with van der Waals surface area (Å²) in [5.41, 5.74) is 5.57. The zero-order valence-corrected chi connectivity index (χ0v) is 6.49. The van der Waals surface area contributed by atoms with Crippen molar-refractivity contribution in [2.45, 2.75) is 31.9 Å². The van der Waals surface area contributed by atoms with Crippen LogP contribution in [0.25, 0.3) is 0 Å². The van der Waals surface area contributed by atoms with Gasteiger partial charge in [0.15, 0.2) is 0 Å². The van der Waals surface area contributed by atoms with Gasteiger partial charge in [-0.05, 0) is 19.8 Å². The summed E-state index contributed by atoms with van der Waals surface area (Å²) in [4.78, 5) is 0. The van der Waals surface area contributed by atoms with Crippen LogP contribution in [-0.4, -0.2) is 18.8 Å². The first-order chi connectivity index (χ1) is 3.80. The van der Waals surface area contributed by atoms with E-state index in [1.807, 2.05) is 6.92 Å². The van der Waals surface area contributed by atoms with Gasteiger partial charge in [0.2, 0.25) is 0 Å². The Morgan fingerprint density at radius 3 is 2.56 bits per heavy atom. The van der Waals surface area contributed by atoms with Crippen LogP contribution in [0.15, 0.2) is 0 Å². The summed E-state index contributed by atoms with van der Waals surface area (Å²) in [5.74, 6) is 0. The van der Waals surface area contributed by atoms with Crippen LogP contribution in [-0.2, 0) is 4.74 Å². The van der Waals surface area contributed by atoms with Crippen LogP contribution in [0, 0.1) is 0 Å². The number of hydrogen-bond donors (Lipinski definition) is 1. The summed E-state index contributed by atoms with van der Waals surface area (Å²) in [7, 11) is 0. The molecule has 0 amide bonds. The molecule has 0 spiro atoms. The van der Waals surface area contributed by atoms with Crippen LogP contribution >= 0.6 is 12.4 Å². The van der Waals surface area contributed by atoms with Crippen molar-refractivity contribution in [1.29, 1.82) is 0 Å². The molecule has 1 saturated heterocycles. The highest BCUT2D eigenvalue weighted by Crippen LogP contribution is 2.13. The van der Waals surface area contributed by atoms with Gasteiger partial charge in [0.25, 0.3) is 0 Å². The van der Waals surface area contributed by atoms with E-state index < -0.39 is 0 Å². The van der Waals surface area contributed by atoms with E-state index in [2.05, 4.69) is 0 Å². The zero-order chi connectivity index (χ0) is 5.98. The second-order valence-corrected chi connectivity index (χ2v) is 2.41. The largest absolute Gasteiger partial charge is 0.377 e. The standard InChI is InChI=1S/C6H13NO.ClH/c1-5(7)6-3-2-4-8-6;/h5-6H,2-4,7H2,1H3;1H/t5-,6?;/m1./s1. The smallest absolute Gasteiger partial charge is 0.0724 e. The van der Waals surface area contributed by atoms with E-state index in [1.165, 1.54) is 6.42 Å². The number of ether oxygens (including phenoxy) is 1. The lowest BCUT2D eigenvalue weighted by atomic mass is 10.1. The Morgan fingerprint density at radius 1 is 1.67 bits per heavy atom. The molecule has 2 atom stereocenters. The van der Waals surface area contributed by atoms with Crippen molar-refractivity contribution in [2.24, 2.45) is 5.73 Å². The van der Waals surface area contributed by atoms with Crippen molar-refractivity contribution in [3.8, 4) is 0 Å². The summed E-state index contributed by atoms with van der Waals surface area (Å²) in [6.07, 6.45) is 2.68. The summed E-state index contributed by atoms with van der Waals surface area (Å²) < 4.78 is 5.29. The van der Waals surface area contributed by atoms with Crippen LogP contribution in [0.5, 0.6) is 0 Å². The highest BCUT2D eigenvalue weighted by Gasteiger charge is 2.18. The molecular formula is C6H14ClNO. The lowest BCUT2D eigenvalue weighted by molar-refractivity contribution is 0.0947. The van der Waals surface area contributed by atoms with E-state index in [0.29, 0.717) is 6.10 Å². The zero-order valence-electron chi connectivity index (χ0n) is 5.67. The molecule has 0 saturated carbocycles. The van der Waals surface area contributed by atoms with E-state index in [4.69, 9.17) is 10.5 Å². The van der Waals surface area contributed by atoms with Gasteiger partial charge in [-0.1, -0.05) is 0 Å². The van der Waals surface area contributed by atoms with Gasteiger partial charge < -0.3 is 10.5 Å². The van der Waals surface area contributed by atoms with Gasteiger partial charge in [0.05, 0.1) is 6.10 Å². The van der Waals surface area contributed by atoms with Crippen LogP contribution < -0.4 is 5.73 Å². The molecular weight excluding hydrogens is 138 g/mol. The molecule has 2 nitrogen and oxygen atoms in total. The summed E-state index contributed by atoms with van der Waals surface area (Å²) in [5, 5.41) is 0. The van der Waals surface area contributed by atoms with Gasteiger partial charge in [-0.25, -0.2) is 0 Å². The Labute approximate surface area is 62.2 Å². The van der Waals surface area contributed by atoms with Gasteiger partial charge in [-0.2, -0.15) is 0 Å². The topological polar surface area (TPSA) is 35.2 Å². The molecule has 1 aliphatic rings. The number of hydrogen-bond acceptors (Lipinski definition) is 2. The second kappa shape index (κ2) is 4.09. The Kier molecular flexibility index (Phi) is 4.19. The van der Waals surface area contributed by atoms with E-state index >= 15 is 0 Å². The third-order valence-electron chi connectivity index (χ3n) is 1.55. The molecule has 0 radical (unpaired) electrons. The van der Waals surface area contributed by atoms with Crippen molar-refractivity contribution >= 4 is 12.4 Å². The molecule has 2 N–H and O–H groups in total. The number of halogens is 1. The molecule has 3 heteroatoms. The first-order valence-corrected chi connectivity index (χ1v) is 3.18. The molecule has 0 aliphatic carbocycles. The van der Waals surface area contributed by atoms with E-state index in [1.54, 1.807) is 0 Å². The minimum atomic E-state index is 0. The molecule has 0 aromatic heterocycles. The first-order valence-electron chi connectivity index (χ1n) is 3.18. The van der Waals surface area contributed by atoms with Gasteiger partial charge in [0.1, 0.15) is 0 Å². The average Bonchev–Trinajstić information content (AvgIpc) is 2.12. The molecule has 0 aromatic carbocycles. The first kappa shape index (κ1) is 9.21. The Hall–Kier alpha value is 0.210. The van der Waals surface area contributed by atoms with Crippen molar-refractivity contribution in [3.05, 3.63) is 0 Å². The lowest BCUT2D eigenvalue weighted by Gasteiger charge is -2.11. The normalized spacial score (nSPS) is 29.3. The van der Waals surface area contributed by atoms with Gasteiger partial charge in [-0.3, -0.25) is 0 Å². The van der Waals surface area contributed by atoms with Crippen molar-refractivity contribution in [3.63, 3.8) is 0 Å². The van der Waals surface area contributed by atoms with E-state index in [0.717, 1.165) is 13.0 Å². The van der Waals surface area contributed by atoms with Crippen LogP contribution in [0.2, 0.25) is 0 Å². The quantitative estimate of drug-likeness (QED) is 0.606. The number of rotatable bonds is 1. The molecule has 1 unspecified atom stereocenters. The fraction of sp³-hybridized carbons (Fsp3) is 1.00. The van der Waals surface area contributed by atoms with Crippen LogP contribution in [0.1, 0.15) is 19.8 Å². The highest BCUT2D eigenvalue weighted by molar-refractivity contribution is 5.85. The van der Waals surface area contributed by atoms with Gasteiger partial charge in [0, 0.05) is 12.6 Å². The molecule has 1 heterocycles. The Bertz CT molecular complexity index is 71.5. The monoisotopic (exact) mass is 151 g/mol. The summed E-state index contributed by atoms with van der Waals surface area (Å²) >= 11 is 0. The lowest BCUT2D eigenvalue weighted by Crippen LogP contribution is -2.30. The van der Waals surface area contributed by atoms with Gasteiger partial charge in [-0.15, -0.1) is 12.4 Å². The molecule has 1 rings (SSSR count). The molecule has 0 aromatic rings. The minimum absolute atomic E-state index is 0. The van der Waals surface area contributed by atoms with Crippen LogP contribution in [0.4, 0.5) is 0 Å². The third kappa shape index (κ3) is 2.52. The van der Waals surface area contributed by atoms with E-state index in [-0.39, 0.29) is 18.4 Å². The summed E-state index contributed by atoms with van der Waals surface area (Å²) in [6.45, 7) is 2.90. The predicted octanol–water partition coefficient (Wildman–Crippen LogP) is 0.934. The minimum Gasteiger partial charge on any atom is -0.377 e. The maximum Gasteiger partial charge on any atom is 0.0724 e. The predicted molar refractivity (Wildman–Crippen MR) is 39.9 cm³/mol. The number of nitrogens with two attached hydrogens (primary N) is 1. The highest BCUT2D eigenvalue weighted by atomic mass is 35.5. The Balaban J connectivity index is 0.000000640. The van der Waals surface area contributed by atoms with Crippen LogP contribution in [0.3, 0.4) is 0 Å². The summed E-state index contributed by atoms with van der Waals surface area (Å²) in [6, 6.07) is 0.220. The fourth-order valence-corrected chi connectivity index (χ4v) is 1.02. The SMILES string of the molecule is C[C@@H](N)C1CCCO1.Cl. The molecule has 1 fully saturated rings. The van der Waals surface area contributed by atoms with Crippen molar-refractivity contribution < 1.29 is 4.74 Å². The van der Waals surface area contributed by atoms with Gasteiger partial charge >= 0.3 is 0 Å². The Morgan fingerprint density at radius 2 is 2.33 bits per heavy atom. The van der Waals surface area contributed by atoms with E-state index in [9.17, 15) is 0 Å². The average molecular weight is 152 g/mol. The molecule has 9 heavy (non-hydrogen) atoms. The second-order valence-electron chi connectivity index (χ2n) is 2.41. The van der Waals surface area contributed by atoms with Crippen molar-refractivity contribution in [1.82, 2.24) is 0 Å². The molecule has 1 aliphatic heterocycles. The van der Waals surface area contributed by atoms with Crippen molar-refractivity contribution in [2.75, 3.05) is 6.61 Å². The maximum atomic E-state index is 5.57. The fourth-order valence-electron chi connectivity index (χ4n) is 1.02. The third-order valence-corrected chi connectivity index (χ3v) is 1.55. The maximum absolute atomic E-state index is 5.57. The molecule has 0 bridgehead atoms.